The first kappa shape index (κ1) is 9.76. The summed E-state index contributed by atoms with van der Waals surface area (Å²) in [7, 11) is 0. The molecule has 2 aliphatic carbocycles. The molecule has 0 aromatic heterocycles. The summed E-state index contributed by atoms with van der Waals surface area (Å²) in [6.45, 7) is 0. The lowest BCUT2D eigenvalue weighted by Gasteiger charge is -2.35. The van der Waals surface area contributed by atoms with Crippen LogP contribution in [0, 0.1) is 5.92 Å². The van der Waals surface area contributed by atoms with E-state index >= 15 is 0 Å². The number of Topliss-reactive ketones (excluding diaryl/α,β-unsaturated/α-hetero) is 2. The fraction of sp³-hybridized carbons (Fsp3) is 0.429. The largest absolute Gasteiger partial charge is 0.299 e. The third-order valence-electron chi connectivity index (χ3n) is 3.85. The topological polar surface area (TPSA) is 34.1 Å². The molecular weight excluding hydrogens is 200 g/mol. The first-order valence-corrected chi connectivity index (χ1v) is 5.88. The van der Waals surface area contributed by atoms with E-state index in [4.69, 9.17) is 0 Å². The van der Waals surface area contributed by atoms with Crippen LogP contribution in [0.5, 0.6) is 0 Å². The monoisotopic (exact) mass is 214 g/mol. The first-order chi connectivity index (χ1) is 7.75. The molecule has 82 valence electrons. The van der Waals surface area contributed by atoms with Crippen molar-refractivity contribution in [2.75, 3.05) is 0 Å². The van der Waals surface area contributed by atoms with Crippen molar-refractivity contribution >= 4 is 11.6 Å². The third kappa shape index (κ3) is 1.41. The van der Waals surface area contributed by atoms with Gasteiger partial charge in [0.15, 0.2) is 0 Å². The average molecular weight is 214 g/mol. The molecule has 1 saturated carbocycles. The molecule has 0 saturated heterocycles. The van der Waals surface area contributed by atoms with Gasteiger partial charge in [0.1, 0.15) is 11.6 Å². The molecule has 1 aromatic carbocycles. The van der Waals surface area contributed by atoms with Crippen LogP contribution in [-0.2, 0) is 16.0 Å². The number of hydrogen-bond donors (Lipinski definition) is 0. The Morgan fingerprint density at radius 1 is 1.12 bits per heavy atom. The lowest BCUT2D eigenvalue weighted by molar-refractivity contribution is -0.133. The zero-order chi connectivity index (χ0) is 11.1. The quantitative estimate of drug-likeness (QED) is 0.621. The van der Waals surface area contributed by atoms with Crippen molar-refractivity contribution < 1.29 is 9.59 Å². The second-order valence-electron chi connectivity index (χ2n) is 4.86. The van der Waals surface area contributed by atoms with E-state index in [1.165, 1.54) is 11.1 Å². The zero-order valence-corrected chi connectivity index (χ0v) is 9.11. The predicted molar refractivity (Wildman–Crippen MR) is 60.2 cm³/mol. The van der Waals surface area contributed by atoms with Crippen molar-refractivity contribution in [2.45, 2.75) is 31.6 Å². The van der Waals surface area contributed by atoms with Gasteiger partial charge in [0.05, 0.1) is 6.42 Å². The summed E-state index contributed by atoms with van der Waals surface area (Å²) in [6, 6.07) is 8.18. The minimum Gasteiger partial charge on any atom is -0.299 e. The normalized spacial score (nSPS) is 28.5. The lowest BCUT2D eigenvalue weighted by atomic mass is 9.67. The predicted octanol–water partition coefficient (Wildman–Crippen LogP) is 2.26. The summed E-state index contributed by atoms with van der Waals surface area (Å²) >= 11 is 0. The fourth-order valence-electron chi connectivity index (χ4n) is 3.15. The Morgan fingerprint density at radius 2 is 1.94 bits per heavy atom. The molecule has 0 radical (unpaired) electrons. The highest BCUT2D eigenvalue weighted by Gasteiger charge is 2.39. The first-order valence-electron chi connectivity index (χ1n) is 5.88. The highest BCUT2D eigenvalue weighted by molar-refractivity contribution is 6.05. The molecule has 0 bridgehead atoms. The molecule has 2 atom stereocenters. The standard InChI is InChI=1S/C14H14O2/c15-11-7-10-6-5-9-3-1-2-4-12(9)14(10)13(16)8-11/h1-4,10,14H,5-8H2/t10-,14+/m1/s1. The molecule has 2 heteroatoms. The van der Waals surface area contributed by atoms with Crippen molar-refractivity contribution in [2.24, 2.45) is 5.92 Å². The van der Waals surface area contributed by atoms with Gasteiger partial charge in [-0.1, -0.05) is 24.3 Å². The Labute approximate surface area is 94.7 Å². The average Bonchev–Trinajstić information content (AvgIpc) is 2.28. The minimum absolute atomic E-state index is 0.00245. The van der Waals surface area contributed by atoms with Crippen LogP contribution >= 0.6 is 0 Å². The van der Waals surface area contributed by atoms with E-state index in [1.54, 1.807) is 0 Å². The van der Waals surface area contributed by atoms with Crippen LogP contribution in [-0.4, -0.2) is 11.6 Å². The van der Waals surface area contributed by atoms with Crippen molar-refractivity contribution in [3.63, 3.8) is 0 Å². The van der Waals surface area contributed by atoms with Crippen LogP contribution in [0.2, 0.25) is 0 Å². The molecular formula is C14H14O2. The van der Waals surface area contributed by atoms with Crippen molar-refractivity contribution in [3.8, 4) is 0 Å². The Bertz CT molecular complexity index is 462. The molecule has 3 rings (SSSR count). The van der Waals surface area contributed by atoms with Crippen LogP contribution in [0.25, 0.3) is 0 Å². The number of aryl methyl sites for hydroxylation is 1. The summed E-state index contributed by atoms with van der Waals surface area (Å²) in [4.78, 5) is 23.4. The van der Waals surface area contributed by atoms with Gasteiger partial charge in [-0.15, -0.1) is 0 Å². The third-order valence-corrected chi connectivity index (χ3v) is 3.85. The maximum atomic E-state index is 12.0. The number of fused-ring (bicyclic) bond motifs is 3. The molecule has 0 N–H and O–H groups in total. The van der Waals surface area contributed by atoms with Gasteiger partial charge in [-0.3, -0.25) is 9.59 Å². The van der Waals surface area contributed by atoms with Crippen LogP contribution < -0.4 is 0 Å². The van der Waals surface area contributed by atoms with E-state index in [2.05, 4.69) is 12.1 Å². The molecule has 0 spiro atoms. The van der Waals surface area contributed by atoms with Gasteiger partial charge >= 0.3 is 0 Å². The van der Waals surface area contributed by atoms with Crippen LogP contribution in [0.3, 0.4) is 0 Å². The summed E-state index contributed by atoms with van der Waals surface area (Å²) in [6.07, 6.45) is 2.75. The van der Waals surface area contributed by atoms with Crippen LogP contribution in [0.4, 0.5) is 0 Å². The second kappa shape index (κ2) is 3.55. The fourth-order valence-corrected chi connectivity index (χ4v) is 3.15. The zero-order valence-electron chi connectivity index (χ0n) is 9.11. The maximum absolute atomic E-state index is 12.0. The van der Waals surface area contributed by atoms with E-state index in [0.717, 1.165) is 12.8 Å². The molecule has 2 nitrogen and oxygen atoms in total. The van der Waals surface area contributed by atoms with Crippen molar-refractivity contribution in [1.29, 1.82) is 0 Å². The van der Waals surface area contributed by atoms with Gasteiger partial charge in [-0.25, -0.2) is 0 Å². The maximum Gasteiger partial charge on any atom is 0.147 e. The molecule has 0 heterocycles. The van der Waals surface area contributed by atoms with Crippen LogP contribution in [0.1, 0.15) is 36.3 Å². The number of hydrogen-bond acceptors (Lipinski definition) is 2. The number of rotatable bonds is 0. The van der Waals surface area contributed by atoms with E-state index in [1.807, 2.05) is 12.1 Å². The Morgan fingerprint density at radius 3 is 2.81 bits per heavy atom. The van der Waals surface area contributed by atoms with Crippen molar-refractivity contribution in [1.82, 2.24) is 0 Å². The molecule has 0 unspecified atom stereocenters. The Balaban J connectivity index is 2.05. The van der Waals surface area contributed by atoms with Gasteiger partial charge in [-0.05, 0) is 29.9 Å². The highest BCUT2D eigenvalue weighted by atomic mass is 16.1. The number of benzene rings is 1. The molecule has 0 aliphatic heterocycles. The summed E-state index contributed by atoms with van der Waals surface area (Å²) in [5, 5.41) is 0. The lowest BCUT2D eigenvalue weighted by Crippen LogP contribution is -2.34. The van der Waals surface area contributed by atoms with Crippen molar-refractivity contribution in [3.05, 3.63) is 35.4 Å². The van der Waals surface area contributed by atoms with Gasteiger partial charge in [0.25, 0.3) is 0 Å². The van der Waals surface area contributed by atoms with E-state index in [0.29, 0.717) is 6.42 Å². The molecule has 2 aliphatic rings. The van der Waals surface area contributed by atoms with Gasteiger partial charge < -0.3 is 0 Å². The van der Waals surface area contributed by atoms with Crippen LogP contribution in [0.15, 0.2) is 24.3 Å². The number of ketones is 2. The highest BCUT2D eigenvalue weighted by Crippen LogP contribution is 2.42. The summed E-state index contributed by atoms with van der Waals surface area (Å²) < 4.78 is 0. The Hall–Kier alpha value is -1.44. The second-order valence-corrected chi connectivity index (χ2v) is 4.86. The summed E-state index contributed by atoms with van der Waals surface area (Å²) in [5.41, 5.74) is 2.47. The summed E-state index contributed by atoms with van der Waals surface area (Å²) in [5.74, 6) is 0.533. The SMILES string of the molecule is O=C1CC(=O)[C@@H]2c3ccccc3CC[C@@H]2C1. The van der Waals surface area contributed by atoms with E-state index in [9.17, 15) is 9.59 Å². The van der Waals surface area contributed by atoms with E-state index < -0.39 is 0 Å². The smallest absolute Gasteiger partial charge is 0.147 e. The number of carbonyl (C=O) groups is 2. The van der Waals surface area contributed by atoms with Gasteiger partial charge in [0, 0.05) is 12.3 Å². The molecule has 1 aromatic rings. The van der Waals surface area contributed by atoms with Gasteiger partial charge in [-0.2, -0.15) is 0 Å². The van der Waals surface area contributed by atoms with E-state index in [-0.39, 0.29) is 29.8 Å². The number of carbonyl (C=O) groups excluding carboxylic acids is 2. The molecule has 0 amide bonds. The Kier molecular flexibility index (Phi) is 2.16. The molecule has 1 fully saturated rings. The minimum atomic E-state index is 0.00245. The molecule has 16 heavy (non-hydrogen) atoms. The van der Waals surface area contributed by atoms with Gasteiger partial charge in [0.2, 0.25) is 0 Å².